The Hall–Kier alpha value is -1.06. The van der Waals surface area contributed by atoms with Gasteiger partial charge in [-0.2, -0.15) is 0 Å². The monoisotopic (exact) mass is 239 g/mol. The lowest BCUT2D eigenvalue weighted by Crippen LogP contribution is -2.43. The molecule has 17 heavy (non-hydrogen) atoms. The van der Waals surface area contributed by atoms with Gasteiger partial charge >= 0.3 is 6.09 Å². The average Bonchev–Trinajstić information content (AvgIpc) is 2.45. The maximum atomic E-state index is 12.1. The summed E-state index contributed by atoms with van der Waals surface area (Å²) < 4.78 is 5.42. The third kappa shape index (κ3) is 2.79. The van der Waals surface area contributed by atoms with Gasteiger partial charge in [0, 0.05) is 24.9 Å². The number of hydrogen-bond acceptors (Lipinski definition) is 3. The summed E-state index contributed by atoms with van der Waals surface area (Å²) in [5.41, 5.74) is -0.465. The molecule has 2 aliphatic heterocycles. The lowest BCUT2D eigenvalue weighted by Gasteiger charge is -2.30. The van der Waals surface area contributed by atoms with Gasteiger partial charge in [0.15, 0.2) is 0 Å². The number of ether oxygens (including phenoxy) is 1. The number of Topliss-reactive ketones (excluding diaryl/α,β-unsaturated/α-hetero) is 1. The van der Waals surface area contributed by atoms with Crippen LogP contribution in [0, 0.1) is 0 Å². The maximum absolute atomic E-state index is 12.1. The third-order valence-electron chi connectivity index (χ3n) is 3.44. The van der Waals surface area contributed by atoms with Crippen LogP contribution in [0.1, 0.15) is 52.9 Å². The Balaban J connectivity index is 2.09. The number of ketones is 1. The second kappa shape index (κ2) is 4.31. The highest BCUT2D eigenvalue weighted by atomic mass is 16.6. The Labute approximate surface area is 102 Å². The molecule has 0 N–H and O–H groups in total. The van der Waals surface area contributed by atoms with E-state index < -0.39 is 5.60 Å². The van der Waals surface area contributed by atoms with Crippen molar-refractivity contribution in [2.24, 2.45) is 0 Å². The van der Waals surface area contributed by atoms with Gasteiger partial charge in [0.25, 0.3) is 0 Å². The van der Waals surface area contributed by atoms with Crippen molar-refractivity contribution in [2.45, 2.75) is 70.6 Å². The molecule has 2 heterocycles. The first-order chi connectivity index (χ1) is 7.87. The normalized spacial score (nSPS) is 29.1. The van der Waals surface area contributed by atoms with Gasteiger partial charge in [-0.3, -0.25) is 4.79 Å². The lowest BCUT2D eigenvalue weighted by atomic mass is 10.0. The molecule has 1 amide bonds. The summed E-state index contributed by atoms with van der Waals surface area (Å²) in [5.74, 6) is 0.283. The highest BCUT2D eigenvalue weighted by molar-refractivity contribution is 5.81. The van der Waals surface area contributed by atoms with E-state index in [9.17, 15) is 9.59 Å². The lowest BCUT2D eigenvalue weighted by molar-refractivity contribution is -0.119. The van der Waals surface area contributed by atoms with Gasteiger partial charge in [0.2, 0.25) is 0 Å². The summed E-state index contributed by atoms with van der Waals surface area (Å²) >= 11 is 0. The first-order valence-electron chi connectivity index (χ1n) is 6.40. The van der Waals surface area contributed by atoms with E-state index in [2.05, 4.69) is 0 Å². The fourth-order valence-electron chi connectivity index (χ4n) is 2.75. The van der Waals surface area contributed by atoms with Gasteiger partial charge in [-0.1, -0.05) is 0 Å². The zero-order valence-electron chi connectivity index (χ0n) is 10.9. The Kier molecular flexibility index (Phi) is 3.15. The van der Waals surface area contributed by atoms with Crippen LogP contribution in [-0.4, -0.2) is 34.5 Å². The average molecular weight is 239 g/mol. The van der Waals surface area contributed by atoms with Crippen molar-refractivity contribution in [1.29, 1.82) is 0 Å². The molecule has 0 aromatic heterocycles. The number of carbonyl (C=O) groups excluding carboxylic acids is 2. The standard InChI is InChI=1S/C13H21NO3/c1-13(2,3)17-12(16)14-9-4-5-10(14)8-11(15)7-6-9/h9-10H,4-8H2,1-3H3/t9-,10+/m0/s1. The summed E-state index contributed by atoms with van der Waals surface area (Å²) in [5, 5.41) is 0. The Bertz CT molecular complexity index is 332. The molecule has 0 spiro atoms. The molecule has 96 valence electrons. The Morgan fingerprint density at radius 3 is 2.53 bits per heavy atom. The third-order valence-corrected chi connectivity index (χ3v) is 3.44. The van der Waals surface area contributed by atoms with Crippen molar-refractivity contribution >= 4 is 11.9 Å². The van der Waals surface area contributed by atoms with Crippen molar-refractivity contribution in [3.8, 4) is 0 Å². The summed E-state index contributed by atoms with van der Waals surface area (Å²) in [6.07, 6.45) is 3.62. The van der Waals surface area contributed by atoms with Crippen LogP contribution in [-0.2, 0) is 9.53 Å². The molecule has 0 aliphatic carbocycles. The minimum atomic E-state index is -0.465. The molecular formula is C13H21NO3. The largest absolute Gasteiger partial charge is 0.444 e. The molecule has 0 unspecified atom stereocenters. The molecule has 2 fully saturated rings. The first kappa shape index (κ1) is 12.4. The van der Waals surface area contributed by atoms with Gasteiger partial charge in [-0.15, -0.1) is 0 Å². The van der Waals surface area contributed by atoms with E-state index in [1.54, 1.807) is 0 Å². The summed E-state index contributed by atoms with van der Waals surface area (Å²) in [6.45, 7) is 5.61. The van der Waals surface area contributed by atoms with Crippen molar-refractivity contribution in [1.82, 2.24) is 4.90 Å². The zero-order valence-corrected chi connectivity index (χ0v) is 10.9. The van der Waals surface area contributed by atoms with Crippen molar-refractivity contribution in [3.05, 3.63) is 0 Å². The van der Waals surface area contributed by atoms with Gasteiger partial charge in [-0.05, 0) is 40.0 Å². The van der Waals surface area contributed by atoms with Gasteiger partial charge in [0.1, 0.15) is 11.4 Å². The molecule has 0 saturated carbocycles. The predicted octanol–water partition coefficient (Wildman–Crippen LogP) is 2.51. The van der Waals surface area contributed by atoms with Gasteiger partial charge < -0.3 is 9.64 Å². The van der Waals surface area contributed by atoms with Crippen molar-refractivity contribution < 1.29 is 14.3 Å². The van der Waals surface area contributed by atoms with Crippen LogP contribution in [0.3, 0.4) is 0 Å². The molecule has 0 radical (unpaired) electrons. The molecule has 0 aromatic carbocycles. The number of amides is 1. The number of nitrogens with zero attached hydrogens (tertiary/aromatic N) is 1. The minimum Gasteiger partial charge on any atom is -0.444 e. The molecule has 0 aromatic rings. The first-order valence-corrected chi connectivity index (χ1v) is 6.40. The van der Waals surface area contributed by atoms with E-state index in [4.69, 9.17) is 4.74 Å². The number of hydrogen-bond donors (Lipinski definition) is 0. The smallest absolute Gasteiger partial charge is 0.410 e. The Morgan fingerprint density at radius 1 is 1.24 bits per heavy atom. The fourth-order valence-corrected chi connectivity index (χ4v) is 2.75. The SMILES string of the molecule is CC(C)(C)OC(=O)N1[C@@H]2CCC(=O)C[C@H]1CC2. The van der Waals surface area contributed by atoms with E-state index in [0.717, 1.165) is 19.3 Å². The highest BCUT2D eigenvalue weighted by Crippen LogP contribution is 2.34. The van der Waals surface area contributed by atoms with E-state index in [0.29, 0.717) is 12.8 Å². The number of fused-ring (bicyclic) bond motifs is 2. The Morgan fingerprint density at radius 2 is 1.88 bits per heavy atom. The maximum Gasteiger partial charge on any atom is 0.410 e. The topological polar surface area (TPSA) is 46.6 Å². The molecule has 4 heteroatoms. The quantitative estimate of drug-likeness (QED) is 0.652. The summed E-state index contributed by atoms with van der Waals surface area (Å²) in [4.78, 5) is 25.5. The molecular weight excluding hydrogens is 218 g/mol. The molecule has 2 atom stereocenters. The highest BCUT2D eigenvalue weighted by Gasteiger charge is 2.41. The van der Waals surface area contributed by atoms with Crippen molar-refractivity contribution in [2.75, 3.05) is 0 Å². The molecule has 2 aliphatic rings. The second-order valence-corrected chi connectivity index (χ2v) is 6.05. The number of rotatable bonds is 0. The molecule has 2 rings (SSSR count). The van der Waals surface area contributed by atoms with E-state index in [-0.39, 0.29) is 24.0 Å². The minimum absolute atomic E-state index is 0.0739. The molecule has 2 saturated heterocycles. The van der Waals surface area contributed by atoms with Crippen LogP contribution >= 0.6 is 0 Å². The van der Waals surface area contributed by atoms with Gasteiger partial charge in [-0.25, -0.2) is 4.79 Å². The summed E-state index contributed by atoms with van der Waals surface area (Å²) in [7, 11) is 0. The van der Waals surface area contributed by atoms with Crippen LogP contribution in [0.2, 0.25) is 0 Å². The van der Waals surface area contributed by atoms with Crippen LogP contribution in [0.4, 0.5) is 4.79 Å². The van der Waals surface area contributed by atoms with E-state index in [1.807, 2.05) is 25.7 Å². The van der Waals surface area contributed by atoms with Crippen LogP contribution in [0.15, 0.2) is 0 Å². The van der Waals surface area contributed by atoms with Gasteiger partial charge in [0.05, 0.1) is 0 Å². The molecule has 2 bridgehead atoms. The zero-order chi connectivity index (χ0) is 12.6. The molecule has 4 nitrogen and oxygen atoms in total. The second-order valence-electron chi connectivity index (χ2n) is 6.05. The predicted molar refractivity (Wildman–Crippen MR) is 63.7 cm³/mol. The van der Waals surface area contributed by atoms with Crippen molar-refractivity contribution in [3.63, 3.8) is 0 Å². The van der Waals surface area contributed by atoms with Crippen LogP contribution < -0.4 is 0 Å². The van der Waals surface area contributed by atoms with Crippen LogP contribution in [0.25, 0.3) is 0 Å². The fraction of sp³-hybridized carbons (Fsp3) is 0.846. The number of carbonyl (C=O) groups is 2. The summed E-state index contributed by atoms with van der Waals surface area (Å²) in [6, 6.07) is 0.283. The van der Waals surface area contributed by atoms with Crippen LogP contribution in [0.5, 0.6) is 0 Å². The van der Waals surface area contributed by atoms with E-state index >= 15 is 0 Å². The van der Waals surface area contributed by atoms with E-state index in [1.165, 1.54) is 0 Å².